The van der Waals surface area contributed by atoms with Crippen molar-refractivity contribution in [2.75, 3.05) is 0 Å². The molecule has 2 heterocycles. The SMILES string of the molecule is c1ccc2c(c1)ccc1cn[nH][n+]12. The van der Waals surface area contributed by atoms with E-state index in [4.69, 9.17) is 0 Å². The summed E-state index contributed by atoms with van der Waals surface area (Å²) in [5, 5.41) is 8.13. The second-order valence-corrected chi connectivity index (χ2v) is 3.01. The van der Waals surface area contributed by atoms with E-state index in [0.29, 0.717) is 0 Å². The maximum absolute atomic E-state index is 3.99. The minimum absolute atomic E-state index is 1.08. The number of nitrogens with one attached hydrogen (secondary N) is 1. The lowest BCUT2D eigenvalue weighted by Gasteiger charge is -1.93. The first-order valence-electron chi connectivity index (χ1n) is 4.18. The van der Waals surface area contributed by atoms with Crippen molar-refractivity contribution < 1.29 is 4.52 Å². The normalized spacial score (nSPS) is 11.1. The smallest absolute Gasteiger partial charge is 0.120 e. The number of nitrogens with zero attached hydrogens (tertiary/aromatic N) is 2. The molecule has 0 radical (unpaired) electrons. The van der Waals surface area contributed by atoms with Crippen molar-refractivity contribution in [2.24, 2.45) is 0 Å². The molecule has 3 heteroatoms. The Kier molecular flexibility index (Phi) is 1.16. The highest BCUT2D eigenvalue weighted by Crippen LogP contribution is 2.09. The average molecular weight is 170 g/mol. The van der Waals surface area contributed by atoms with Crippen LogP contribution in [-0.2, 0) is 0 Å². The third-order valence-corrected chi connectivity index (χ3v) is 2.22. The first-order chi connectivity index (χ1) is 6.45. The van der Waals surface area contributed by atoms with Gasteiger partial charge in [0.15, 0.2) is 11.0 Å². The molecular formula is C10H8N3+. The van der Waals surface area contributed by atoms with Gasteiger partial charge in [-0.1, -0.05) is 23.4 Å². The quantitative estimate of drug-likeness (QED) is 0.507. The molecule has 0 amide bonds. The van der Waals surface area contributed by atoms with Crippen LogP contribution in [0.4, 0.5) is 0 Å². The van der Waals surface area contributed by atoms with E-state index in [-0.39, 0.29) is 0 Å². The molecule has 0 aliphatic rings. The van der Waals surface area contributed by atoms with Crippen LogP contribution in [0.3, 0.4) is 0 Å². The van der Waals surface area contributed by atoms with Gasteiger partial charge >= 0.3 is 0 Å². The number of benzene rings is 1. The van der Waals surface area contributed by atoms with E-state index in [0.717, 1.165) is 11.0 Å². The molecule has 0 aliphatic heterocycles. The van der Waals surface area contributed by atoms with Gasteiger partial charge in [-0.2, -0.15) is 0 Å². The zero-order valence-electron chi connectivity index (χ0n) is 6.94. The molecule has 0 bridgehead atoms. The van der Waals surface area contributed by atoms with Crippen molar-refractivity contribution in [1.82, 2.24) is 10.3 Å². The lowest BCUT2D eigenvalue weighted by atomic mass is 10.2. The zero-order chi connectivity index (χ0) is 8.67. The standard InChI is InChI=1S/C10H7N3/c1-2-4-10-8(3-1)5-6-9-7-11-12-13(9)10/h1-7H/p+1. The Morgan fingerprint density at radius 3 is 3.00 bits per heavy atom. The van der Waals surface area contributed by atoms with Crippen LogP contribution in [0.2, 0.25) is 0 Å². The van der Waals surface area contributed by atoms with Gasteiger partial charge in [-0.15, -0.1) is 4.52 Å². The van der Waals surface area contributed by atoms with Crippen LogP contribution >= 0.6 is 0 Å². The van der Waals surface area contributed by atoms with Crippen LogP contribution in [-0.4, -0.2) is 10.3 Å². The maximum atomic E-state index is 3.99. The highest BCUT2D eigenvalue weighted by Gasteiger charge is 2.05. The summed E-state index contributed by atoms with van der Waals surface area (Å²) in [6, 6.07) is 12.4. The van der Waals surface area contributed by atoms with Crippen molar-refractivity contribution in [3.63, 3.8) is 0 Å². The van der Waals surface area contributed by atoms with Crippen LogP contribution in [0.1, 0.15) is 0 Å². The molecule has 3 aromatic rings. The predicted octanol–water partition coefficient (Wildman–Crippen LogP) is 1.30. The van der Waals surface area contributed by atoms with E-state index in [1.54, 1.807) is 0 Å². The fourth-order valence-corrected chi connectivity index (χ4v) is 1.59. The minimum Gasteiger partial charge on any atom is -0.120 e. The summed E-state index contributed by atoms with van der Waals surface area (Å²) in [5.41, 5.74) is 2.23. The summed E-state index contributed by atoms with van der Waals surface area (Å²) in [7, 11) is 0. The number of aromatic nitrogens is 3. The van der Waals surface area contributed by atoms with Gasteiger partial charge in [0.05, 0.1) is 0 Å². The van der Waals surface area contributed by atoms with Crippen molar-refractivity contribution in [3.05, 3.63) is 42.6 Å². The third-order valence-electron chi connectivity index (χ3n) is 2.22. The van der Waals surface area contributed by atoms with Gasteiger partial charge < -0.3 is 0 Å². The van der Waals surface area contributed by atoms with Crippen LogP contribution in [0.5, 0.6) is 0 Å². The first kappa shape index (κ1) is 6.60. The van der Waals surface area contributed by atoms with E-state index in [9.17, 15) is 0 Å². The molecule has 3 rings (SSSR count). The Morgan fingerprint density at radius 2 is 2.00 bits per heavy atom. The van der Waals surface area contributed by atoms with Crippen LogP contribution in [0.25, 0.3) is 16.4 Å². The molecule has 0 unspecified atom stereocenters. The molecular weight excluding hydrogens is 162 g/mol. The lowest BCUT2D eigenvalue weighted by molar-refractivity contribution is -0.553. The number of rotatable bonds is 0. The van der Waals surface area contributed by atoms with E-state index in [1.807, 2.05) is 28.9 Å². The fourth-order valence-electron chi connectivity index (χ4n) is 1.59. The molecule has 0 spiro atoms. The van der Waals surface area contributed by atoms with Gasteiger partial charge in [0.1, 0.15) is 0 Å². The summed E-state index contributed by atoms with van der Waals surface area (Å²) >= 11 is 0. The summed E-state index contributed by atoms with van der Waals surface area (Å²) in [6.45, 7) is 0. The first-order valence-corrected chi connectivity index (χ1v) is 4.18. The molecule has 13 heavy (non-hydrogen) atoms. The Morgan fingerprint density at radius 1 is 1.08 bits per heavy atom. The Labute approximate surface area is 74.6 Å². The van der Waals surface area contributed by atoms with E-state index < -0.39 is 0 Å². The second-order valence-electron chi connectivity index (χ2n) is 3.01. The summed E-state index contributed by atoms with van der Waals surface area (Å²) in [5.74, 6) is 0. The van der Waals surface area contributed by atoms with Gasteiger partial charge in [0, 0.05) is 10.5 Å². The zero-order valence-corrected chi connectivity index (χ0v) is 6.94. The van der Waals surface area contributed by atoms with Gasteiger partial charge in [-0.25, -0.2) is 0 Å². The maximum Gasteiger partial charge on any atom is 0.214 e. The number of H-pyrrole nitrogens is 1. The second kappa shape index (κ2) is 2.29. The number of fused-ring (bicyclic) bond motifs is 3. The number of pyridine rings is 1. The fraction of sp³-hybridized carbons (Fsp3) is 0. The molecule has 3 nitrogen and oxygen atoms in total. The van der Waals surface area contributed by atoms with Gasteiger partial charge in [0.2, 0.25) is 6.20 Å². The monoisotopic (exact) mass is 170 g/mol. The van der Waals surface area contributed by atoms with Crippen molar-refractivity contribution in [2.45, 2.75) is 0 Å². The largest absolute Gasteiger partial charge is 0.214 e. The molecule has 1 aromatic carbocycles. The van der Waals surface area contributed by atoms with Crippen molar-refractivity contribution in [1.29, 1.82) is 0 Å². The topological polar surface area (TPSA) is 32.8 Å². The predicted molar refractivity (Wildman–Crippen MR) is 49.3 cm³/mol. The van der Waals surface area contributed by atoms with Gasteiger partial charge in [-0.05, 0) is 18.2 Å². The molecule has 0 saturated heterocycles. The molecule has 2 aromatic heterocycles. The lowest BCUT2D eigenvalue weighted by Crippen LogP contribution is -2.23. The number of para-hydroxylation sites is 1. The van der Waals surface area contributed by atoms with Gasteiger partial charge in [-0.3, -0.25) is 0 Å². The third kappa shape index (κ3) is 0.839. The molecule has 62 valence electrons. The van der Waals surface area contributed by atoms with E-state index in [2.05, 4.69) is 28.5 Å². The van der Waals surface area contributed by atoms with Crippen LogP contribution < -0.4 is 4.52 Å². The Bertz CT molecular complexity index is 568. The Hall–Kier alpha value is -1.90. The number of hydrogen-bond donors (Lipinski definition) is 1. The Balaban J connectivity index is 2.65. The van der Waals surface area contributed by atoms with Gasteiger partial charge in [0.25, 0.3) is 0 Å². The average Bonchev–Trinajstić information content (AvgIpc) is 2.65. The molecule has 0 aliphatic carbocycles. The van der Waals surface area contributed by atoms with Crippen LogP contribution in [0, 0.1) is 0 Å². The molecule has 0 saturated carbocycles. The van der Waals surface area contributed by atoms with E-state index >= 15 is 0 Å². The summed E-state index contributed by atoms with van der Waals surface area (Å²) in [4.78, 5) is 0. The minimum atomic E-state index is 1.08. The van der Waals surface area contributed by atoms with Crippen molar-refractivity contribution in [3.8, 4) is 0 Å². The summed E-state index contributed by atoms with van der Waals surface area (Å²) < 4.78 is 1.97. The molecule has 0 atom stereocenters. The van der Waals surface area contributed by atoms with E-state index in [1.165, 1.54) is 5.39 Å². The number of aromatic amines is 1. The highest BCUT2D eigenvalue weighted by atomic mass is 15.4. The summed E-state index contributed by atoms with van der Waals surface area (Å²) in [6.07, 6.45) is 1.81. The van der Waals surface area contributed by atoms with Crippen molar-refractivity contribution >= 4 is 16.4 Å². The highest BCUT2D eigenvalue weighted by molar-refractivity contribution is 5.76. The number of hydrogen-bond acceptors (Lipinski definition) is 1. The molecule has 1 N–H and O–H groups in total. The molecule has 0 fully saturated rings. The van der Waals surface area contributed by atoms with Crippen LogP contribution in [0.15, 0.2) is 42.6 Å².